The Balaban J connectivity index is 2.45. The highest BCUT2D eigenvalue weighted by Crippen LogP contribution is 2.20. The zero-order valence-electron chi connectivity index (χ0n) is 11.0. The van der Waals surface area contributed by atoms with Gasteiger partial charge >= 0.3 is 0 Å². The van der Waals surface area contributed by atoms with Gasteiger partial charge in [0, 0.05) is 6.04 Å². The topological polar surface area (TPSA) is 46.2 Å². The maximum atomic E-state index is 13.9. The van der Waals surface area contributed by atoms with E-state index in [0.717, 1.165) is 25.8 Å². The van der Waals surface area contributed by atoms with Crippen molar-refractivity contribution in [1.82, 2.24) is 5.32 Å². The van der Waals surface area contributed by atoms with E-state index in [0.29, 0.717) is 0 Å². The van der Waals surface area contributed by atoms with Gasteiger partial charge in [0.15, 0.2) is 9.84 Å². The maximum Gasteiger partial charge on any atom is 0.155 e. The van der Waals surface area contributed by atoms with Crippen molar-refractivity contribution in [3.05, 3.63) is 0 Å². The van der Waals surface area contributed by atoms with E-state index in [-0.39, 0.29) is 18.2 Å². The Morgan fingerprint density at radius 3 is 2.47 bits per heavy atom. The largest absolute Gasteiger partial charge is 0.311 e. The van der Waals surface area contributed by atoms with Gasteiger partial charge in [-0.3, -0.25) is 0 Å². The number of hydrogen-bond acceptors (Lipinski definition) is 3. The van der Waals surface area contributed by atoms with Gasteiger partial charge in [0.1, 0.15) is 6.17 Å². The highest BCUT2D eigenvalue weighted by atomic mass is 32.2. The molecule has 102 valence electrons. The first kappa shape index (κ1) is 14.9. The van der Waals surface area contributed by atoms with E-state index in [2.05, 4.69) is 5.32 Å². The van der Waals surface area contributed by atoms with E-state index in [1.165, 1.54) is 0 Å². The lowest BCUT2D eigenvalue weighted by atomic mass is 9.99. The summed E-state index contributed by atoms with van der Waals surface area (Å²) < 4.78 is 36.8. The van der Waals surface area contributed by atoms with Crippen molar-refractivity contribution in [3.8, 4) is 0 Å². The molecule has 0 aromatic carbocycles. The van der Waals surface area contributed by atoms with Gasteiger partial charge in [-0.2, -0.15) is 0 Å². The lowest BCUT2D eigenvalue weighted by Crippen LogP contribution is -2.42. The van der Waals surface area contributed by atoms with Crippen LogP contribution >= 0.6 is 0 Å². The van der Waals surface area contributed by atoms with Crippen LogP contribution in [0.4, 0.5) is 4.39 Å². The molecule has 0 radical (unpaired) electrons. The van der Waals surface area contributed by atoms with Crippen molar-refractivity contribution in [2.24, 2.45) is 0 Å². The lowest BCUT2D eigenvalue weighted by molar-refractivity contribution is 0.213. The average Bonchev–Trinajstić information content (AvgIpc) is 2.25. The van der Waals surface area contributed by atoms with Crippen molar-refractivity contribution in [1.29, 1.82) is 0 Å². The van der Waals surface area contributed by atoms with Crippen molar-refractivity contribution in [2.75, 3.05) is 12.3 Å². The van der Waals surface area contributed by atoms with Crippen molar-refractivity contribution < 1.29 is 12.8 Å². The summed E-state index contributed by atoms with van der Waals surface area (Å²) in [5, 5.41) is 3.12. The van der Waals surface area contributed by atoms with E-state index >= 15 is 0 Å². The zero-order valence-corrected chi connectivity index (χ0v) is 11.8. The van der Waals surface area contributed by atoms with E-state index in [4.69, 9.17) is 0 Å². The third-order valence-electron chi connectivity index (χ3n) is 3.38. The third kappa shape index (κ3) is 4.21. The molecule has 0 aromatic rings. The lowest BCUT2D eigenvalue weighted by Gasteiger charge is -2.27. The summed E-state index contributed by atoms with van der Waals surface area (Å²) in [6.07, 6.45) is 1.99. The highest BCUT2D eigenvalue weighted by Gasteiger charge is 2.31. The number of hydrogen-bond donors (Lipinski definition) is 1. The normalized spacial score (nSPS) is 24.6. The smallest absolute Gasteiger partial charge is 0.155 e. The number of sulfone groups is 1. The fourth-order valence-electron chi connectivity index (χ4n) is 1.96. The molecule has 5 heteroatoms. The molecular weight excluding hydrogens is 241 g/mol. The summed E-state index contributed by atoms with van der Waals surface area (Å²) in [5.74, 6) is -0.0597. The second-order valence-electron chi connectivity index (χ2n) is 5.79. The minimum absolute atomic E-state index is 0.0597. The molecule has 0 bridgehead atoms. The van der Waals surface area contributed by atoms with Crippen LogP contribution in [0.15, 0.2) is 0 Å². The summed E-state index contributed by atoms with van der Waals surface area (Å²) in [4.78, 5) is 0. The maximum absolute atomic E-state index is 13.9. The zero-order chi connectivity index (χ0) is 13.1. The molecule has 17 heavy (non-hydrogen) atoms. The Morgan fingerprint density at radius 2 is 2.00 bits per heavy atom. The van der Waals surface area contributed by atoms with Crippen LogP contribution in [-0.4, -0.2) is 37.7 Å². The van der Waals surface area contributed by atoms with E-state index in [1.807, 2.05) is 0 Å². The molecule has 2 unspecified atom stereocenters. The number of rotatable bonds is 4. The SMILES string of the molecule is CC(C)(C)S(=O)(=O)CCC(F)C1CCCCN1. The van der Waals surface area contributed by atoms with Crippen LogP contribution in [0.5, 0.6) is 0 Å². The van der Waals surface area contributed by atoms with Crippen LogP contribution in [0.3, 0.4) is 0 Å². The first-order valence-corrected chi connectivity index (χ1v) is 7.99. The van der Waals surface area contributed by atoms with Gasteiger partial charge < -0.3 is 5.32 Å². The monoisotopic (exact) mass is 265 g/mol. The minimum Gasteiger partial charge on any atom is -0.311 e. The van der Waals surface area contributed by atoms with Crippen LogP contribution in [-0.2, 0) is 9.84 Å². The van der Waals surface area contributed by atoms with Crippen molar-refractivity contribution in [2.45, 2.75) is 63.4 Å². The highest BCUT2D eigenvalue weighted by molar-refractivity contribution is 7.92. The molecule has 3 nitrogen and oxygen atoms in total. The quantitative estimate of drug-likeness (QED) is 0.846. The van der Waals surface area contributed by atoms with E-state index in [9.17, 15) is 12.8 Å². The van der Waals surface area contributed by atoms with Crippen molar-refractivity contribution >= 4 is 9.84 Å². The number of alkyl halides is 1. The fraction of sp³-hybridized carbons (Fsp3) is 1.00. The molecule has 1 heterocycles. The van der Waals surface area contributed by atoms with Crippen LogP contribution in [0, 0.1) is 0 Å². The molecule has 1 aliphatic heterocycles. The van der Waals surface area contributed by atoms with Gasteiger partial charge in [0.05, 0.1) is 10.5 Å². The Labute approximate surface area is 104 Å². The molecule has 1 rings (SSSR count). The third-order valence-corrected chi connectivity index (χ3v) is 6.02. The van der Waals surface area contributed by atoms with Gasteiger partial charge in [-0.15, -0.1) is 0 Å². The van der Waals surface area contributed by atoms with Crippen LogP contribution < -0.4 is 5.32 Å². The number of halogens is 1. The summed E-state index contributed by atoms with van der Waals surface area (Å²) in [6.45, 7) is 5.83. The minimum atomic E-state index is -3.20. The molecule has 0 aliphatic carbocycles. The fourth-order valence-corrected chi connectivity index (χ4v) is 3.11. The van der Waals surface area contributed by atoms with Crippen LogP contribution in [0.2, 0.25) is 0 Å². The van der Waals surface area contributed by atoms with Crippen molar-refractivity contribution in [3.63, 3.8) is 0 Å². The standard InChI is InChI=1S/C12H24FNO2S/c1-12(2,3)17(15,16)9-7-10(13)11-6-4-5-8-14-11/h10-11,14H,4-9H2,1-3H3. The van der Waals surface area contributed by atoms with Gasteiger partial charge in [0.25, 0.3) is 0 Å². The van der Waals surface area contributed by atoms with Gasteiger partial charge in [-0.05, 0) is 46.6 Å². The Kier molecular flexibility index (Phi) is 4.95. The molecule has 0 saturated carbocycles. The molecule has 0 amide bonds. The molecule has 1 N–H and O–H groups in total. The number of nitrogens with one attached hydrogen (secondary N) is 1. The molecule has 1 saturated heterocycles. The summed E-state index contributed by atoms with van der Waals surface area (Å²) in [5.41, 5.74) is 0. The second kappa shape index (κ2) is 5.65. The molecule has 0 spiro atoms. The molecule has 1 aliphatic rings. The summed E-state index contributed by atoms with van der Waals surface area (Å²) >= 11 is 0. The Morgan fingerprint density at radius 1 is 1.35 bits per heavy atom. The van der Waals surface area contributed by atoms with Crippen LogP contribution in [0.1, 0.15) is 46.5 Å². The van der Waals surface area contributed by atoms with E-state index in [1.54, 1.807) is 20.8 Å². The molecule has 1 fully saturated rings. The molecular formula is C12H24FNO2S. The second-order valence-corrected chi connectivity index (χ2v) is 8.65. The van der Waals surface area contributed by atoms with Gasteiger partial charge in [0.2, 0.25) is 0 Å². The first-order chi connectivity index (χ1) is 7.74. The van der Waals surface area contributed by atoms with Gasteiger partial charge in [-0.1, -0.05) is 6.42 Å². The first-order valence-electron chi connectivity index (χ1n) is 6.34. The average molecular weight is 265 g/mol. The molecule has 0 aromatic heterocycles. The summed E-state index contributed by atoms with van der Waals surface area (Å²) in [6, 6.07) is -0.154. The predicted octanol–water partition coefficient (Wildman–Crippen LogP) is 2.07. The predicted molar refractivity (Wildman–Crippen MR) is 68.7 cm³/mol. The van der Waals surface area contributed by atoms with E-state index < -0.39 is 20.8 Å². The Hall–Kier alpha value is -0.160. The number of piperidine rings is 1. The Bertz CT molecular complexity index is 329. The summed E-state index contributed by atoms with van der Waals surface area (Å²) in [7, 11) is -3.20. The molecule has 2 atom stereocenters. The van der Waals surface area contributed by atoms with Crippen LogP contribution in [0.25, 0.3) is 0 Å². The van der Waals surface area contributed by atoms with Gasteiger partial charge in [-0.25, -0.2) is 12.8 Å².